The van der Waals surface area contributed by atoms with Gasteiger partial charge in [-0.25, -0.2) is 0 Å². The first-order valence-corrected chi connectivity index (χ1v) is 7.99. The number of methoxy groups -OCH3 is 1. The Morgan fingerprint density at radius 1 is 1.35 bits per heavy atom. The second kappa shape index (κ2) is 7.14. The highest BCUT2D eigenvalue weighted by molar-refractivity contribution is 9.10. The molecule has 1 amide bonds. The van der Waals surface area contributed by atoms with E-state index in [9.17, 15) is 4.79 Å². The van der Waals surface area contributed by atoms with E-state index in [1.54, 1.807) is 44.3 Å². The maximum Gasteiger partial charge on any atom is 0.276 e. The summed E-state index contributed by atoms with van der Waals surface area (Å²) in [7, 11) is 4.99. The maximum absolute atomic E-state index is 12.2. The molecule has 1 aliphatic rings. The van der Waals surface area contributed by atoms with Crippen molar-refractivity contribution in [2.45, 2.75) is 0 Å². The fraction of sp³-hybridized carbons (Fsp3) is 0.250. The largest absolute Gasteiger partial charge is 0.493 e. The third-order valence-corrected chi connectivity index (χ3v) is 4.50. The molecule has 0 spiro atoms. The van der Waals surface area contributed by atoms with Crippen LogP contribution in [0.5, 0.6) is 11.5 Å². The highest BCUT2D eigenvalue weighted by atomic mass is 79.9. The van der Waals surface area contributed by atoms with Crippen LogP contribution in [0.1, 0.15) is 5.56 Å². The Hall–Kier alpha value is -1.86. The lowest BCUT2D eigenvalue weighted by atomic mass is 10.1. The van der Waals surface area contributed by atoms with Gasteiger partial charge in [0.05, 0.1) is 11.6 Å². The molecule has 0 saturated carbocycles. The molecule has 7 heteroatoms. The standard InChI is InChI=1S/C16H17BrN2O3S/c1-5-6-22-14-11(17)7-10(9-13(14)21-4)8-12-15(20)19(3)16(23)18(12)2/h5,7-9H,1,6H2,2-4H3/b12-8-. The highest BCUT2D eigenvalue weighted by Gasteiger charge is 2.32. The van der Waals surface area contributed by atoms with Gasteiger partial charge in [-0.15, -0.1) is 0 Å². The Bertz CT molecular complexity index is 703. The van der Waals surface area contributed by atoms with Crippen LogP contribution >= 0.6 is 28.1 Å². The molecule has 1 fully saturated rings. The van der Waals surface area contributed by atoms with Crippen molar-refractivity contribution in [3.63, 3.8) is 0 Å². The summed E-state index contributed by atoms with van der Waals surface area (Å²) in [6.45, 7) is 4.00. The van der Waals surface area contributed by atoms with Crippen molar-refractivity contribution in [1.82, 2.24) is 9.80 Å². The molecule has 1 saturated heterocycles. The van der Waals surface area contributed by atoms with Crippen molar-refractivity contribution in [1.29, 1.82) is 0 Å². The molecule has 122 valence electrons. The van der Waals surface area contributed by atoms with Crippen LogP contribution in [0.15, 0.2) is 35.0 Å². The number of carbonyl (C=O) groups excluding carboxylic acids is 1. The Kier molecular flexibility index (Phi) is 5.43. The molecule has 0 aromatic heterocycles. The lowest BCUT2D eigenvalue weighted by Gasteiger charge is -2.13. The van der Waals surface area contributed by atoms with Crippen molar-refractivity contribution in [3.8, 4) is 11.5 Å². The summed E-state index contributed by atoms with van der Waals surface area (Å²) in [5, 5.41) is 0.471. The first kappa shape index (κ1) is 17.5. The zero-order valence-corrected chi connectivity index (χ0v) is 15.5. The molecule has 23 heavy (non-hydrogen) atoms. The van der Waals surface area contributed by atoms with Gasteiger partial charge in [0.2, 0.25) is 0 Å². The molecule has 1 heterocycles. The quantitative estimate of drug-likeness (QED) is 0.434. The van der Waals surface area contributed by atoms with Crippen molar-refractivity contribution in [3.05, 3.63) is 40.5 Å². The molecular weight excluding hydrogens is 380 g/mol. The van der Waals surface area contributed by atoms with Gasteiger partial charge in [-0.3, -0.25) is 9.69 Å². The fourth-order valence-corrected chi connectivity index (χ4v) is 2.91. The summed E-state index contributed by atoms with van der Waals surface area (Å²) in [4.78, 5) is 15.3. The Balaban J connectivity index is 2.43. The average molecular weight is 397 g/mol. The monoisotopic (exact) mass is 396 g/mol. The minimum absolute atomic E-state index is 0.139. The number of benzene rings is 1. The first-order chi connectivity index (χ1) is 10.9. The van der Waals surface area contributed by atoms with Gasteiger partial charge >= 0.3 is 0 Å². The van der Waals surface area contributed by atoms with E-state index in [0.717, 1.165) is 10.0 Å². The van der Waals surface area contributed by atoms with E-state index in [1.807, 2.05) is 6.07 Å². The number of amides is 1. The Morgan fingerprint density at radius 3 is 2.57 bits per heavy atom. The average Bonchev–Trinajstić information content (AvgIpc) is 2.71. The Morgan fingerprint density at radius 2 is 2.04 bits per heavy atom. The van der Waals surface area contributed by atoms with Crippen molar-refractivity contribution in [2.75, 3.05) is 27.8 Å². The predicted molar refractivity (Wildman–Crippen MR) is 97.5 cm³/mol. The lowest BCUT2D eigenvalue weighted by Crippen LogP contribution is -2.26. The van der Waals surface area contributed by atoms with E-state index in [-0.39, 0.29) is 5.91 Å². The zero-order valence-electron chi connectivity index (χ0n) is 13.1. The van der Waals surface area contributed by atoms with Crippen molar-refractivity contribution >= 4 is 45.2 Å². The van der Waals surface area contributed by atoms with Crippen LogP contribution in [0.4, 0.5) is 0 Å². The third kappa shape index (κ3) is 3.40. The number of ether oxygens (including phenoxy) is 2. The third-order valence-electron chi connectivity index (χ3n) is 3.36. The SMILES string of the molecule is C=CCOc1c(Br)cc(/C=C2/C(=O)N(C)C(=S)N2C)cc1OC. The van der Waals surface area contributed by atoms with Crippen LogP contribution in [0.3, 0.4) is 0 Å². The molecule has 0 radical (unpaired) electrons. The number of thiocarbonyl (C=S) groups is 1. The number of hydrogen-bond donors (Lipinski definition) is 0. The van der Waals surface area contributed by atoms with E-state index in [1.165, 1.54) is 4.90 Å². The molecule has 1 aliphatic heterocycles. The van der Waals surface area contributed by atoms with E-state index in [2.05, 4.69) is 22.5 Å². The molecule has 0 unspecified atom stereocenters. The molecule has 0 aliphatic carbocycles. The number of carbonyl (C=O) groups is 1. The van der Waals surface area contributed by atoms with Crippen LogP contribution in [0, 0.1) is 0 Å². The number of rotatable bonds is 5. The van der Waals surface area contributed by atoms with Gasteiger partial charge in [0.25, 0.3) is 5.91 Å². The van der Waals surface area contributed by atoms with Gasteiger partial charge in [0.15, 0.2) is 16.6 Å². The number of halogens is 1. The normalized spacial score (nSPS) is 16.3. The number of nitrogens with zero attached hydrogens (tertiary/aromatic N) is 2. The molecule has 5 nitrogen and oxygen atoms in total. The van der Waals surface area contributed by atoms with Gasteiger partial charge in [-0.1, -0.05) is 12.7 Å². The molecule has 0 bridgehead atoms. The van der Waals surface area contributed by atoms with E-state index >= 15 is 0 Å². The minimum Gasteiger partial charge on any atom is -0.493 e. The van der Waals surface area contributed by atoms with Crippen LogP contribution < -0.4 is 9.47 Å². The summed E-state index contributed by atoms with van der Waals surface area (Å²) < 4.78 is 11.7. The van der Waals surface area contributed by atoms with Gasteiger partial charge < -0.3 is 14.4 Å². The summed E-state index contributed by atoms with van der Waals surface area (Å²) >= 11 is 8.67. The maximum atomic E-state index is 12.2. The fourth-order valence-electron chi connectivity index (χ4n) is 2.15. The van der Waals surface area contributed by atoms with E-state index in [0.29, 0.717) is 28.9 Å². The summed E-state index contributed by atoms with van der Waals surface area (Å²) in [6, 6.07) is 3.66. The lowest BCUT2D eigenvalue weighted by molar-refractivity contribution is -0.121. The number of likely N-dealkylation sites (N-methyl/N-ethyl adjacent to an activating group) is 2. The summed E-state index contributed by atoms with van der Waals surface area (Å²) in [5.74, 6) is 1.02. The predicted octanol–water partition coefficient (Wildman–Crippen LogP) is 3.05. The molecule has 1 aromatic carbocycles. The van der Waals surface area contributed by atoms with Crippen LogP contribution in [-0.2, 0) is 4.79 Å². The van der Waals surface area contributed by atoms with Crippen LogP contribution in [0.25, 0.3) is 6.08 Å². The molecular formula is C16H17BrN2O3S. The second-order valence-corrected chi connectivity index (χ2v) is 6.09. The van der Waals surface area contributed by atoms with Gasteiger partial charge in [0, 0.05) is 14.1 Å². The zero-order chi connectivity index (χ0) is 17.1. The summed E-state index contributed by atoms with van der Waals surface area (Å²) in [5.41, 5.74) is 1.30. The van der Waals surface area contributed by atoms with Crippen molar-refractivity contribution < 1.29 is 14.3 Å². The molecule has 0 atom stereocenters. The number of hydrogen-bond acceptors (Lipinski definition) is 4. The highest BCUT2D eigenvalue weighted by Crippen LogP contribution is 2.37. The molecule has 0 N–H and O–H groups in total. The van der Waals surface area contributed by atoms with E-state index < -0.39 is 0 Å². The minimum atomic E-state index is -0.139. The molecule has 2 rings (SSSR count). The van der Waals surface area contributed by atoms with Crippen molar-refractivity contribution in [2.24, 2.45) is 0 Å². The van der Waals surface area contributed by atoms with Crippen LogP contribution in [0.2, 0.25) is 0 Å². The van der Waals surface area contributed by atoms with Crippen LogP contribution in [-0.4, -0.2) is 48.6 Å². The summed E-state index contributed by atoms with van der Waals surface area (Å²) in [6.07, 6.45) is 3.42. The molecule has 1 aromatic rings. The smallest absolute Gasteiger partial charge is 0.276 e. The topological polar surface area (TPSA) is 42.0 Å². The van der Waals surface area contributed by atoms with E-state index in [4.69, 9.17) is 21.7 Å². The van der Waals surface area contributed by atoms with Gasteiger partial charge in [0.1, 0.15) is 12.3 Å². The second-order valence-electron chi connectivity index (χ2n) is 4.87. The first-order valence-electron chi connectivity index (χ1n) is 6.79. The van der Waals surface area contributed by atoms with Gasteiger partial charge in [-0.2, -0.15) is 0 Å². The Labute approximate surface area is 149 Å². The van der Waals surface area contributed by atoms with Gasteiger partial charge in [-0.05, 0) is 51.9 Å².